The van der Waals surface area contributed by atoms with Crippen molar-refractivity contribution in [2.75, 3.05) is 26.2 Å². The third-order valence-electron chi connectivity index (χ3n) is 5.39. The number of hydrogen-bond donors (Lipinski definition) is 1. The molecule has 2 aliphatic rings. The summed E-state index contributed by atoms with van der Waals surface area (Å²) in [5.41, 5.74) is 1.90. The molecule has 0 spiro atoms. The van der Waals surface area contributed by atoms with Gasteiger partial charge in [0.05, 0.1) is 11.7 Å². The van der Waals surface area contributed by atoms with Gasteiger partial charge in [0.15, 0.2) is 0 Å². The minimum Gasteiger partial charge on any atom is -0.330 e. The number of nitrogens with one attached hydrogen (secondary N) is 1. The molecule has 1 aromatic heterocycles. The minimum absolute atomic E-state index is 0.0362. The second-order valence-corrected chi connectivity index (χ2v) is 7.19. The quantitative estimate of drug-likeness (QED) is 0.926. The maximum atomic E-state index is 12.5. The molecule has 5 heteroatoms. The van der Waals surface area contributed by atoms with E-state index in [1.165, 1.54) is 32.1 Å². The van der Waals surface area contributed by atoms with E-state index in [9.17, 15) is 4.79 Å². The Hall–Kier alpha value is -1.62. The number of piperazine rings is 1. The number of pyridine rings is 1. The number of amides is 2. The number of carbonyl (C=O) groups is 1. The van der Waals surface area contributed by atoms with Crippen molar-refractivity contribution < 1.29 is 4.79 Å². The van der Waals surface area contributed by atoms with Crippen LogP contribution in [0.2, 0.25) is 0 Å². The molecule has 1 N–H and O–H groups in total. The first-order valence-electron chi connectivity index (χ1n) is 9.36. The third-order valence-corrected chi connectivity index (χ3v) is 5.39. The summed E-state index contributed by atoms with van der Waals surface area (Å²) in [5, 5.41) is 3.09. The number of rotatable bonds is 3. The molecule has 1 saturated heterocycles. The van der Waals surface area contributed by atoms with E-state index < -0.39 is 0 Å². The smallest absolute Gasteiger partial charge is 0.318 e. The highest BCUT2D eigenvalue weighted by molar-refractivity contribution is 5.74. The summed E-state index contributed by atoms with van der Waals surface area (Å²) in [5.74, 6) is 0. The lowest BCUT2D eigenvalue weighted by Crippen LogP contribution is -2.54. The molecule has 2 heterocycles. The molecule has 1 aliphatic heterocycles. The monoisotopic (exact) mass is 330 g/mol. The summed E-state index contributed by atoms with van der Waals surface area (Å²) >= 11 is 0. The van der Waals surface area contributed by atoms with Crippen molar-refractivity contribution in [3.8, 4) is 0 Å². The van der Waals surface area contributed by atoms with E-state index in [2.05, 4.69) is 15.2 Å². The first-order chi connectivity index (χ1) is 11.6. The first kappa shape index (κ1) is 17.2. The molecule has 0 radical (unpaired) electrons. The van der Waals surface area contributed by atoms with Crippen LogP contribution in [0.25, 0.3) is 0 Å². The molecule has 2 fully saturated rings. The van der Waals surface area contributed by atoms with Crippen molar-refractivity contribution >= 4 is 6.03 Å². The third kappa shape index (κ3) is 4.26. The zero-order chi connectivity index (χ0) is 16.9. The van der Waals surface area contributed by atoms with Crippen LogP contribution in [0.3, 0.4) is 0 Å². The average Bonchev–Trinajstić information content (AvgIpc) is 2.62. The summed E-state index contributed by atoms with van der Waals surface area (Å²) in [6.45, 7) is 7.65. The standard InChI is InChI=1S/C19H30N4O/c1-15-7-6-10-18(20-15)16(2)21-19(24)23-13-11-22(12-14-23)17-8-4-3-5-9-17/h6-7,10,16-17H,3-5,8-9,11-14H2,1-2H3,(H,21,24). The maximum Gasteiger partial charge on any atom is 0.318 e. The molecule has 5 nitrogen and oxygen atoms in total. The Morgan fingerprint density at radius 3 is 2.54 bits per heavy atom. The summed E-state index contributed by atoms with van der Waals surface area (Å²) < 4.78 is 0. The van der Waals surface area contributed by atoms with E-state index in [0.29, 0.717) is 0 Å². The van der Waals surface area contributed by atoms with Gasteiger partial charge in [-0.2, -0.15) is 0 Å². The van der Waals surface area contributed by atoms with Gasteiger partial charge in [-0.3, -0.25) is 9.88 Å². The SMILES string of the molecule is Cc1cccc(C(C)NC(=O)N2CCN(C3CCCCC3)CC2)n1. The molecule has 1 unspecified atom stereocenters. The van der Waals surface area contributed by atoms with Gasteiger partial charge in [-0.15, -0.1) is 0 Å². The van der Waals surface area contributed by atoms with Crippen molar-refractivity contribution in [2.24, 2.45) is 0 Å². The normalized spacial score (nSPS) is 21.5. The van der Waals surface area contributed by atoms with E-state index in [1.54, 1.807) is 0 Å². The summed E-state index contributed by atoms with van der Waals surface area (Å²) in [7, 11) is 0. The molecule has 132 valence electrons. The van der Waals surface area contributed by atoms with Crippen LogP contribution in [-0.4, -0.2) is 53.0 Å². The molecular formula is C19H30N4O. The number of urea groups is 1. The Bertz CT molecular complexity index is 548. The topological polar surface area (TPSA) is 48.5 Å². The summed E-state index contributed by atoms with van der Waals surface area (Å²) in [6, 6.07) is 6.66. The van der Waals surface area contributed by atoms with E-state index in [0.717, 1.165) is 43.6 Å². The molecular weight excluding hydrogens is 300 g/mol. The number of nitrogens with zero attached hydrogens (tertiary/aromatic N) is 3. The highest BCUT2D eigenvalue weighted by Gasteiger charge is 2.27. The Morgan fingerprint density at radius 1 is 1.17 bits per heavy atom. The zero-order valence-electron chi connectivity index (χ0n) is 15.0. The second-order valence-electron chi connectivity index (χ2n) is 7.19. The van der Waals surface area contributed by atoms with E-state index >= 15 is 0 Å². The fourth-order valence-corrected chi connectivity index (χ4v) is 3.89. The fraction of sp³-hybridized carbons (Fsp3) is 0.684. The lowest BCUT2D eigenvalue weighted by Gasteiger charge is -2.40. The number of aromatic nitrogens is 1. The maximum absolute atomic E-state index is 12.5. The van der Waals surface area contributed by atoms with Crippen LogP contribution in [0, 0.1) is 6.92 Å². The largest absolute Gasteiger partial charge is 0.330 e. The van der Waals surface area contributed by atoms with Crippen LogP contribution in [0.1, 0.15) is 56.5 Å². The Balaban J connectivity index is 1.48. The first-order valence-corrected chi connectivity index (χ1v) is 9.36. The van der Waals surface area contributed by atoms with Crippen LogP contribution in [0.4, 0.5) is 4.79 Å². The van der Waals surface area contributed by atoms with E-state index in [4.69, 9.17) is 0 Å². The number of aryl methyl sites for hydroxylation is 1. The molecule has 0 aromatic carbocycles. The molecule has 0 bridgehead atoms. The average molecular weight is 330 g/mol. The van der Waals surface area contributed by atoms with Crippen LogP contribution in [0.15, 0.2) is 18.2 Å². The van der Waals surface area contributed by atoms with Gasteiger partial charge in [0, 0.05) is 37.9 Å². The van der Waals surface area contributed by atoms with Crippen molar-refractivity contribution in [1.29, 1.82) is 0 Å². The van der Waals surface area contributed by atoms with Gasteiger partial charge in [0.2, 0.25) is 0 Å². The van der Waals surface area contributed by atoms with Crippen molar-refractivity contribution in [3.05, 3.63) is 29.6 Å². The van der Waals surface area contributed by atoms with Crippen molar-refractivity contribution in [2.45, 2.75) is 58.0 Å². The zero-order valence-corrected chi connectivity index (χ0v) is 15.0. The van der Waals surface area contributed by atoms with Crippen LogP contribution >= 0.6 is 0 Å². The number of carbonyl (C=O) groups excluding carboxylic acids is 1. The Kier molecular flexibility index (Phi) is 5.72. The molecule has 3 rings (SSSR count). The predicted molar refractivity (Wildman–Crippen MR) is 95.9 cm³/mol. The van der Waals surface area contributed by atoms with Gasteiger partial charge in [-0.1, -0.05) is 25.3 Å². The van der Waals surface area contributed by atoms with Gasteiger partial charge >= 0.3 is 6.03 Å². The highest BCUT2D eigenvalue weighted by atomic mass is 16.2. The van der Waals surface area contributed by atoms with Crippen LogP contribution < -0.4 is 5.32 Å². The molecule has 1 aromatic rings. The second kappa shape index (κ2) is 7.97. The molecule has 2 amide bonds. The summed E-state index contributed by atoms with van der Waals surface area (Å²) in [6.07, 6.45) is 6.80. The van der Waals surface area contributed by atoms with Crippen molar-refractivity contribution in [1.82, 2.24) is 20.1 Å². The lowest BCUT2D eigenvalue weighted by atomic mass is 9.94. The van der Waals surface area contributed by atoms with Gasteiger partial charge in [-0.05, 0) is 38.8 Å². The van der Waals surface area contributed by atoms with Gasteiger partial charge in [-0.25, -0.2) is 4.79 Å². The Labute approximate surface area is 145 Å². The van der Waals surface area contributed by atoms with E-state index in [1.807, 2.05) is 36.9 Å². The Morgan fingerprint density at radius 2 is 1.88 bits per heavy atom. The fourth-order valence-electron chi connectivity index (χ4n) is 3.89. The molecule has 1 atom stereocenters. The van der Waals surface area contributed by atoms with Crippen LogP contribution in [-0.2, 0) is 0 Å². The molecule has 1 aliphatic carbocycles. The van der Waals surface area contributed by atoms with E-state index in [-0.39, 0.29) is 12.1 Å². The van der Waals surface area contributed by atoms with Crippen LogP contribution in [0.5, 0.6) is 0 Å². The molecule has 1 saturated carbocycles. The van der Waals surface area contributed by atoms with Gasteiger partial charge < -0.3 is 10.2 Å². The highest BCUT2D eigenvalue weighted by Crippen LogP contribution is 2.23. The summed E-state index contributed by atoms with van der Waals surface area (Å²) in [4.78, 5) is 21.6. The minimum atomic E-state index is -0.0613. The van der Waals surface area contributed by atoms with Crippen molar-refractivity contribution in [3.63, 3.8) is 0 Å². The van der Waals surface area contributed by atoms with Gasteiger partial charge in [0.1, 0.15) is 0 Å². The van der Waals surface area contributed by atoms with Gasteiger partial charge in [0.25, 0.3) is 0 Å². The number of hydrogen-bond acceptors (Lipinski definition) is 3. The lowest BCUT2D eigenvalue weighted by molar-refractivity contribution is 0.0898. The molecule has 24 heavy (non-hydrogen) atoms. The predicted octanol–water partition coefficient (Wildman–Crippen LogP) is 3.11.